The number of anilines is 2. The molecule has 0 saturated heterocycles. The third-order valence-electron chi connectivity index (χ3n) is 3.43. The molecule has 2 aromatic rings. The van der Waals surface area contributed by atoms with Gasteiger partial charge in [0.1, 0.15) is 0 Å². The molecule has 130 valence electrons. The summed E-state index contributed by atoms with van der Waals surface area (Å²) in [4.78, 5) is 35.6. The Morgan fingerprint density at radius 3 is 2.36 bits per heavy atom. The lowest BCUT2D eigenvalue weighted by atomic mass is 10.1. The topological polar surface area (TPSA) is 87.3 Å². The fourth-order valence-electron chi connectivity index (χ4n) is 2.09. The molecule has 0 radical (unpaired) electrons. The Bertz CT molecular complexity index is 821. The van der Waals surface area contributed by atoms with E-state index < -0.39 is 5.91 Å². The molecule has 0 fully saturated rings. The van der Waals surface area contributed by atoms with Crippen molar-refractivity contribution in [2.24, 2.45) is 0 Å². The molecule has 0 heterocycles. The Labute approximate surface area is 150 Å². The molecular formula is C18H18ClN3O3. The van der Waals surface area contributed by atoms with E-state index in [1.54, 1.807) is 43.3 Å². The summed E-state index contributed by atoms with van der Waals surface area (Å²) in [5.74, 6) is -0.820. The third kappa shape index (κ3) is 4.81. The summed E-state index contributed by atoms with van der Waals surface area (Å²) >= 11 is 6.09. The first-order chi connectivity index (χ1) is 11.9. The summed E-state index contributed by atoms with van der Waals surface area (Å²) in [6.45, 7) is 1.74. The van der Waals surface area contributed by atoms with Crippen LogP contribution in [-0.2, 0) is 4.79 Å². The van der Waals surface area contributed by atoms with Gasteiger partial charge in [0.15, 0.2) is 0 Å². The predicted octanol–water partition coefficient (Wildman–Crippen LogP) is 3.30. The van der Waals surface area contributed by atoms with Crippen LogP contribution in [0.25, 0.3) is 0 Å². The van der Waals surface area contributed by atoms with Crippen molar-refractivity contribution < 1.29 is 14.4 Å². The van der Waals surface area contributed by atoms with Gasteiger partial charge in [0.05, 0.1) is 10.7 Å². The summed E-state index contributed by atoms with van der Waals surface area (Å²) in [6.07, 6.45) is 0.346. The van der Waals surface area contributed by atoms with Crippen LogP contribution >= 0.6 is 11.6 Å². The van der Waals surface area contributed by atoms with Gasteiger partial charge in [0.2, 0.25) is 5.91 Å². The van der Waals surface area contributed by atoms with Crippen molar-refractivity contribution in [3.8, 4) is 0 Å². The first-order valence-electron chi connectivity index (χ1n) is 7.67. The van der Waals surface area contributed by atoms with Crippen LogP contribution in [0.5, 0.6) is 0 Å². The minimum atomic E-state index is -0.399. The molecule has 0 unspecified atom stereocenters. The van der Waals surface area contributed by atoms with Crippen LogP contribution in [0, 0.1) is 0 Å². The number of halogens is 1. The molecule has 0 aliphatic rings. The zero-order valence-electron chi connectivity index (χ0n) is 13.9. The molecule has 0 aliphatic heterocycles. The number of amides is 3. The van der Waals surface area contributed by atoms with E-state index in [0.29, 0.717) is 33.9 Å². The van der Waals surface area contributed by atoms with E-state index in [9.17, 15) is 14.4 Å². The summed E-state index contributed by atoms with van der Waals surface area (Å²) in [7, 11) is 1.52. The highest BCUT2D eigenvalue weighted by Crippen LogP contribution is 2.24. The average molecular weight is 360 g/mol. The number of carbonyl (C=O) groups excluding carboxylic acids is 3. The normalized spacial score (nSPS) is 10.0. The van der Waals surface area contributed by atoms with Gasteiger partial charge in [-0.25, -0.2) is 0 Å². The Balaban J connectivity index is 2.21. The number of carbonyl (C=O) groups is 3. The molecular weight excluding hydrogens is 342 g/mol. The minimum Gasteiger partial charge on any atom is -0.355 e. The van der Waals surface area contributed by atoms with Gasteiger partial charge < -0.3 is 16.0 Å². The fourth-order valence-corrected chi connectivity index (χ4v) is 2.25. The van der Waals surface area contributed by atoms with Gasteiger partial charge in [-0.15, -0.1) is 0 Å². The van der Waals surface area contributed by atoms with Crippen LogP contribution in [0.15, 0.2) is 42.5 Å². The maximum absolute atomic E-state index is 12.4. The van der Waals surface area contributed by atoms with E-state index in [-0.39, 0.29) is 11.8 Å². The van der Waals surface area contributed by atoms with Gasteiger partial charge in [-0.05, 0) is 36.4 Å². The lowest BCUT2D eigenvalue weighted by Crippen LogP contribution is -2.18. The van der Waals surface area contributed by atoms with Crippen LogP contribution < -0.4 is 16.0 Å². The monoisotopic (exact) mass is 359 g/mol. The van der Waals surface area contributed by atoms with Crippen molar-refractivity contribution in [1.82, 2.24) is 5.32 Å². The van der Waals surface area contributed by atoms with Gasteiger partial charge in [-0.3, -0.25) is 14.4 Å². The standard InChI is InChI=1S/C18H18ClN3O3/c1-3-16(23)21-13-6-4-5-11(9-13)18(25)22-15-10-12(17(24)20-2)7-8-14(15)19/h4-10H,3H2,1-2H3,(H,20,24)(H,21,23)(H,22,25). The van der Waals surface area contributed by atoms with E-state index in [0.717, 1.165) is 0 Å². The van der Waals surface area contributed by atoms with E-state index in [2.05, 4.69) is 16.0 Å². The Morgan fingerprint density at radius 1 is 0.960 bits per heavy atom. The summed E-state index contributed by atoms with van der Waals surface area (Å²) in [5, 5.41) is 8.20. The SMILES string of the molecule is CCC(=O)Nc1cccc(C(=O)Nc2cc(C(=O)NC)ccc2Cl)c1. The highest BCUT2D eigenvalue weighted by atomic mass is 35.5. The van der Waals surface area contributed by atoms with Gasteiger partial charge in [0.25, 0.3) is 11.8 Å². The molecule has 25 heavy (non-hydrogen) atoms. The number of hydrogen-bond donors (Lipinski definition) is 3. The van der Waals surface area contributed by atoms with Gasteiger partial charge in [-0.2, -0.15) is 0 Å². The average Bonchev–Trinajstić information content (AvgIpc) is 2.62. The molecule has 0 spiro atoms. The Hall–Kier alpha value is -2.86. The third-order valence-corrected chi connectivity index (χ3v) is 3.76. The molecule has 7 heteroatoms. The molecule has 0 aliphatic carbocycles. The highest BCUT2D eigenvalue weighted by molar-refractivity contribution is 6.34. The van der Waals surface area contributed by atoms with Crippen LogP contribution in [0.1, 0.15) is 34.1 Å². The Kier molecular flexibility index (Phi) is 6.14. The second-order valence-corrected chi connectivity index (χ2v) is 5.62. The summed E-state index contributed by atoms with van der Waals surface area (Å²) in [5.41, 5.74) is 1.60. The lowest BCUT2D eigenvalue weighted by molar-refractivity contribution is -0.115. The minimum absolute atomic E-state index is 0.140. The van der Waals surface area contributed by atoms with Crippen molar-refractivity contribution in [1.29, 1.82) is 0 Å². The molecule has 2 rings (SSSR count). The Morgan fingerprint density at radius 2 is 1.68 bits per heavy atom. The number of rotatable bonds is 5. The van der Waals surface area contributed by atoms with Gasteiger partial charge >= 0.3 is 0 Å². The van der Waals surface area contributed by atoms with E-state index in [1.165, 1.54) is 13.1 Å². The predicted molar refractivity (Wildman–Crippen MR) is 98.2 cm³/mol. The van der Waals surface area contributed by atoms with Crippen LogP contribution in [0.3, 0.4) is 0 Å². The molecule has 0 bridgehead atoms. The van der Waals surface area contributed by atoms with Crippen LogP contribution in [0.2, 0.25) is 5.02 Å². The molecule has 3 N–H and O–H groups in total. The van der Waals surface area contributed by atoms with Crippen molar-refractivity contribution >= 4 is 40.7 Å². The second-order valence-electron chi connectivity index (χ2n) is 5.21. The van der Waals surface area contributed by atoms with Crippen molar-refractivity contribution in [2.45, 2.75) is 13.3 Å². The van der Waals surface area contributed by atoms with Crippen LogP contribution in [0.4, 0.5) is 11.4 Å². The van der Waals surface area contributed by atoms with Crippen LogP contribution in [-0.4, -0.2) is 24.8 Å². The second kappa shape index (κ2) is 8.30. The smallest absolute Gasteiger partial charge is 0.255 e. The first kappa shape index (κ1) is 18.5. The molecule has 0 atom stereocenters. The molecule has 3 amide bonds. The van der Waals surface area contributed by atoms with Gasteiger partial charge in [-0.1, -0.05) is 24.6 Å². The largest absolute Gasteiger partial charge is 0.355 e. The number of hydrogen-bond acceptors (Lipinski definition) is 3. The van der Waals surface area contributed by atoms with Crippen molar-refractivity contribution in [2.75, 3.05) is 17.7 Å². The zero-order valence-corrected chi connectivity index (χ0v) is 14.6. The zero-order chi connectivity index (χ0) is 18.4. The molecule has 6 nitrogen and oxygen atoms in total. The first-order valence-corrected chi connectivity index (χ1v) is 8.05. The highest BCUT2D eigenvalue weighted by Gasteiger charge is 2.12. The molecule has 0 saturated carbocycles. The summed E-state index contributed by atoms with van der Waals surface area (Å²) in [6, 6.07) is 11.2. The summed E-state index contributed by atoms with van der Waals surface area (Å²) < 4.78 is 0. The van der Waals surface area contributed by atoms with Crippen molar-refractivity contribution in [3.05, 3.63) is 58.6 Å². The molecule has 2 aromatic carbocycles. The maximum Gasteiger partial charge on any atom is 0.255 e. The fraction of sp³-hybridized carbons (Fsp3) is 0.167. The number of benzene rings is 2. The quantitative estimate of drug-likeness (QED) is 0.765. The lowest BCUT2D eigenvalue weighted by Gasteiger charge is -2.10. The van der Waals surface area contributed by atoms with E-state index in [4.69, 9.17) is 11.6 Å². The van der Waals surface area contributed by atoms with E-state index >= 15 is 0 Å². The van der Waals surface area contributed by atoms with E-state index in [1.807, 2.05) is 0 Å². The maximum atomic E-state index is 12.4. The number of nitrogens with one attached hydrogen (secondary N) is 3. The van der Waals surface area contributed by atoms with Crippen molar-refractivity contribution in [3.63, 3.8) is 0 Å². The molecule has 0 aromatic heterocycles. The van der Waals surface area contributed by atoms with Gasteiger partial charge in [0, 0.05) is 30.3 Å².